The van der Waals surface area contributed by atoms with Crippen LogP contribution in [-0.2, 0) is 25.4 Å². The largest absolute Gasteiger partial charge is 0.509 e. The second-order valence-electron chi connectivity index (χ2n) is 8.22. The molecule has 4 rings (SSSR count). The molecule has 0 aliphatic carbocycles. The van der Waals surface area contributed by atoms with Crippen molar-refractivity contribution >= 4 is 17.5 Å². The number of para-hydroxylation sites is 1. The number of fused-ring (bicyclic) bond motifs is 2. The first-order valence-electron chi connectivity index (χ1n) is 10.6. The first kappa shape index (κ1) is 23.7. The van der Waals surface area contributed by atoms with Crippen molar-refractivity contribution in [2.24, 2.45) is 0 Å². The van der Waals surface area contributed by atoms with Crippen molar-refractivity contribution < 1.29 is 38.5 Å². The third kappa shape index (κ3) is 3.81. The van der Waals surface area contributed by atoms with Crippen LogP contribution in [0.4, 0.5) is 16.2 Å². The van der Waals surface area contributed by atoms with E-state index < -0.39 is 41.3 Å². The smallest absolute Gasteiger partial charge is 0.479 e. The van der Waals surface area contributed by atoms with Gasteiger partial charge in [-0.25, -0.2) is 4.79 Å². The SMILES string of the molecule is COC(=O)O[C@@H]1Cc2ccccc2N1[C@@H]1c2cc([N+](=O)[O-])ccc2O[C@](C)(C(OC)OC)[C@H]1O. The fourth-order valence-electron chi connectivity index (χ4n) is 4.77. The number of carbonyl (C=O) groups is 1. The highest BCUT2D eigenvalue weighted by Gasteiger charge is 2.56. The molecule has 0 spiro atoms. The minimum Gasteiger partial charge on any atom is -0.479 e. The minimum absolute atomic E-state index is 0.170. The molecule has 2 aliphatic heterocycles. The lowest BCUT2D eigenvalue weighted by atomic mass is 9.83. The number of nitro groups is 1. The molecule has 182 valence electrons. The van der Waals surface area contributed by atoms with E-state index in [-0.39, 0.29) is 5.69 Å². The van der Waals surface area contributed by atoms with E-state index in [4.69, 9.17) is 23.7 Å². The van der Waals surface area contributed by atoms with Crippen molar-refractivity contribution in [3.8, 4) is 5.75 Å². The van der Waals surface area contributed by atoms with E-state index in [1.165, 1.54) is 39.5 Å². The monoisotopic (exact) mass is 474 g/mol. The zero-order chi connectivity index (χ0) is 24.6. The number of carbonyl (C=O) groups excluding carboxylic acids is 1. The Bertz CT molecular complexity index is 1090. The Morgan fingerprint density at radius 3 is 2.59 bits per heavy atom. The van der Waals surface area contributed by atoms with Crippen LogP contribution in [-0.4, -0.2) is 61.7 Å². The molecule has 11 nitrogen and oxygen atoms in total. The van der Waals surface area contributed by atoms with Crippen LogP contribution in [0.25, 0.3) is 0 Å². The number of hydrogen-bond donors (Lipinski definition) is 1. The molecule has 11 heteroatoms. The van der Waals surface area contributed by atoms with Gasteiger partial charge in [0.25, 0.3) is 5.69 Å². The molecule has 2 aliphatic rings. The number of hydrogen-bond acceptors (Lipinski definition) is 10. The summed E-state index contributed by atoms with van der Waals surface area (Å²) in [5.41, 5.74) is 0.355. The van der Waals surface area contributed by atoms with Crippen molar-refractivity contribution in [3.63, 3.8) is 0 Å². The van der Waals surface area contributed by atoms with E-state index in [1.54, 1.807) is 11.8 Å². The molecule has 2 aromatic rings. The Kier molecular flexibility index (Phi) is 6.34. The molecular weight excluding hydrogens is 448 g/mol. The van der Waals surface area contributed by atoms with Crippen LogP contribution < -0.4 is 9.64 Å². The van der Waals surface area contributed by atoms with E-state index in [0.29, 0.717) is 23.4 Å². The summed E-state index contributed by atoms with van der Waals surface area (Å²) in [6, 6.07) is 10.6. The van der Waals surface area contributed by atoms with Gasteiger partial charge in [-0.1, -0.05) is 18.2 Å². The van der Waals surface area contributed by atoms with Crippen molar-refractivity contribution in [3.05, 3.63) is 63.7 Å². The topological polar surface area (TPSA) is 130 Å². The van der Waals surface area contributed by atoms with Gasteiger partial charge in [-0.05, 0) is 24.6 Å². The normalized spacial score (nSPS) is 25.4. The summed E-state index contributed by atoms with van der Waals surface area (Å²) in [4.78, 5) is 24.8. The maximum absolute atomic E-state index is 12.1. The number of methoxy groups -OCH3 is 3. The summed E-state index contributed by atoms with van der Waals surface area (Å²) >= 11 is 0. The molecule has 2 aromatic carbocycles. The fourth-order valence-corrected chi connectivity index (χ4v) is 4.77. The number of anilines is 1. The Labute approximate surface area is 195 Å². The number of non-ortho nitro benzene ring substituents is 1. The Morgan fingerprint density at radius 1 is 1.24 bits per heavy atom. The van der Waals surface area contributed by atoms with Crippen LogP contribution in [0.1, 0.15) is 24.1 Å². The molecule has 0 saturated heterocycles. The van der Waals surface area contributed by atoms with Crippen LogP contribution in [0.2, 0.25) is 0 Å². The Morgan fingerprint density at radius 2 is 1.94 bits per heavy atom. The summed E-state index contributed by atoms with van der Waals surface area (Å²) in [5.74, 6) is 0.309. The summed E-state index contributed by atoms with van der Waals surface area (Å²) in [6.45, 7) is 1.63. The molecule has 0 unspecified atom stereocenters. The van der Waals surface area contributed by atoms with Crippen LogP contribution in [0.5, 0.6) is 5.75 Å². The average Bonchev–Trinajstić information content (AvgIpc) is 3.17. The van der Waals surface area contributed by atoms with Crippen molar-refractivity contribution in [1.29, 1.82) is 0 Å². The first-order valence-corrected chi connectivity index (χ1v) is 10.6. The highest BCUT2D eigenvalue weighted by molar-refractivity contribution is 5.66. The number of ether oxygens (including phenoxy) is 5. The summed E-state index contributed by atoms with van der Waals surface area (Å²) in [6.07, 6.45) is -3.71. The zero-order valence-corrected chi connectivity index (χ0v) is 19.2. The second kappa shape index (κ2) is 9.09. The molecule has 4 atom stereocenters. The van der Waals surface area contributed by atoms with Gasteiger partial charge in [-0.15, -0.1) is 0 Å². The highest BCUT2D eigenvalue weighted by Crippen LogP contribution is 2.50. The molecular formula is C23H26N2O9. The average molecular weight is 474 g/mol. The lowest BCUT2D eigenvalue weighted by molar-refractivity contribution is -0.385. The van der Waals surface area contributed by atoms with Gasteiger partial charge in [0.1, 0.15) is 11.9 Å². The predicted molar refractivity (Wildman–Crippen MR) is 119 cm³/mol. The number of rotatable bonds is 6. The third-order valence-corrected chi connectivity index (χ3v) is 6.31. The maximum Gasteiger partial charge on any atom is 0.509 e. The predicted octanol–water partition coefficient (Wildman–Crippen LogP) is 2.94. The fraction of sp³-hybridized carbons (Fsp3) is 0.435. The highest BCUT2D eigenvalue weighted by atomic mass is 16.7. The number of benzene rings is 2. The molecule has 0 aromatic heterocycles. The van der Waals surface area contributed by atoms with Crippen molar-refractivity contribution in [2.75, 3.05) is 26.2 Å². The molecule has 0 radical (unpaired) electrons. The number of aliphatic hydroxyl groups excluding tert-OH is 1. The van der Waals surface area contributed by atoms with Gasteiger partial charge < -0.3 is 33.7 Å². The van der Waals surface area contributed by atoms with Crippen LogP contribution in [0.15, 0.2) is 42.5 Å². The number of aliphatic hydroxyl groups is 1. The van der Waals surface area contributed by atoms with Crippen LogP contribution in [0.3, 0.4) is 0 Å². The van der Waals surface area contributed by atoms with Gasteiger partial charge in [0.15, 0.2) is 18.1 Å². The summed E-state index contributed by atoms with van der Waals surface area (Å²) in [7, 11) is 4.05. The molecule has 1 N–H and O–H groups in total. The number of nitrogens with zero attached hydrogens (tertiary/aromatic N) is 2. The minimum atomic E-state index is -1.41. The van der Waals surface area contributed by atoms with E-state index in [1.807, 2.05) is 24.3 Å². The van der Waals surface area contributed by atoms with Crippen molar-refractivity contribution in [2.45, 2.75) is 43.6 Å². The Balaban J connectivity index is 1.91. The first-order chi connectivity index (χ1) is 16.2. The maximum atomic E-state index is 12.1. The molecule has 34 heavy (non-hydrogen) atoms. The molecule has 0 bridgehead atoms. The van der Waals surface area contributed by atoms with Gasteiger partial charge in [-0.3, -0.25) is 10.1 Å². The summed E-state index contributed by atoms with van der Waals surface area (Å²) in [5, 5.41) is 23.3. The van der Waals surface area contributed by atoms with Crippen LogP contribution in [0, 0.1) is 10.1 Å². The quantitative estimate of drug-likeness (QED) is 0.289. The van der Waals surface area contributed by atoms with Gasteiger partial charge in [0.05, 0.1) is 18.1 Å². The second-order valence-corrected chi connectivity index (χ2v) is 8.22. The molecule has 0 fully saturated rings. The van der Waals surface area contributed by atoms with E-state index in [9.17, 15) is 20.0 Å². The van der Waals surface area contributed by atoms with E-state index >= 15 is 0 Å². The zero-order valence-electron chi connectivity index (χ0n) is 19.2. The van der Waals surface area contributed by atoms with E-state index in [0.717, 1.165) is 5.56 Å². The third-order valence-electron chi connectivity index (χ3n) is 6.31. The van der Waals surface area contributed by atoms with Crippen molar-refractivity contribution in [1.82, 2.24) is 0 Å². The van der Waals surface area contributed by atoms with Gasteiger partial charge >= 0.3 is 6.16 Å². The lowest BCUT2D eigenvalue weighted by Gasteiger charge is -2.50. The van der Waals surface area contributed by atoms with Gasteiger partial charge in [0.2, 0.25) is 0 Å². The van der Waals surface area contributed by atoms with Gasteiger partial charge in [0, 0.05) is 44.0 Å². The van der Waals surface area contributed by atoms with Crippen LogP contribution >= 0.6 is 0 Å². The molecule has 0 saturated carbocycles. The van der Waals surface area contributed by atoms with E-state index in [2.05, 4.69) is 0 Å². The standard InChI is InChI=1S/C23H26N2O9/c1-23(21(30-2)31-3)20(26)19(15-12-14(25(28)29)9-10-17(15)34-23)24-16-8-6-5-7-13(16)11-18(24)33-22(27)32-4/h5-10,12,18-21,26H,11H2,1-4H3/t18-,19-,20+,23+/m1/s1. The number of nitro benzene ring substituents is 1. The molecule has 2 heterocycles. The Hall–Kier alpha value is -3.41. The van der Waals surface area contributed by atoms with Gasteiger partial charge in [-0.2, -0.15) is 0 Å². The lowest BCUT2D eigenvalue weighted by Crippen LogP contribution is -2.63. The molecule has 0 amide bonds. The summed E-state index contributed by atoms with van der Waals surface area (Å²) < 4.78 is 27.3.